The zero-order valence-electron chi connectivity index (χ0n) is 15.1. The van der Waals surface area contributed by atoms with Crippen LogP contribution in [-0.4, -0.2) is 26.4 Å². The molecule has 3 heterocycles. The Morgan fingerprint density at radius 1 is 1.21 bits per heavy atom. The molecule has 150 valence electrons. The molecule has 3 aromatic rings. The van der Waals surface area contributed by atoms with Crippen molar-refractivity contribution in [2.24, 2.45) is 0 Å². The molecule has 0 aliphatic carbocycles. The molecule has 1 aliphatic heterocycles. The summed E-state index contributed by atoms with van der Waals surface area (Å²) in [5.74, 6) is -0.511. The number of aromatic amines is 1. The van der Waals surface area contributed by atoms with Gasteiger partial charge in [-0.05, 0) is 35.9 Å². The molecular formula is C20H16F4N4O. The Kier molecular flexibility index (Phi) is 4.91. The van der Waals surface area contributed by atoms with Crippen molar-refractivity contribution in [3.05, 3.63) is 81.3 Å². The number of aromatic nitrogens is 3. The average Bonchev–Trinajstić information content (AvgIpc) is 2.68. The molecular weight excluding hydrogens is 388 g/mol. The number of nitrogens with one attached hydrogen (secondary N) is 1. The third-order valence-electron chi connectivity index (χ3n) is 4.77. The molecule has 2 aromatic heterocycles. The summed E-state index contributed by atoms with van der Waals surface area (Å²) in [4.78, 5) is 25.6. The van der Waals surface area contributed by atoms with Gasteiger partial charge in [-0.2, -0.15) is 13.2 Å². The maximum atomic E-state index is 13.6. The second kappa shape index (κ2) is 7.40. The topological polar surface area (TPSA) is 61.9 Å². The number of hydrogen-bond donors (Lipinski definition) is 1. The van der Waals surface area contributed by atoms with Gasteiger partial charge in [-0.1, -0.05) is 0 Å². The monoisotopic (exact) mass is 404 g/mol. The van der Waals surface area contributed by atoms with Crippen molar-refractivity contribution in [3.63, 3.8) is 0 Å². The van der Waals surface area contributed by atoms with E-state index in [2.05, 4.69) is 15.0 Å². The van der Waals surface area contributed by atoms with Crippen LogP contribution in [0.15, 0.2) is 47.5 Å². The maximum Gasteiger partial charge on any atom is 0.416 e. The minimum Gasteiger partial charge on any atom is -0.306 e. The van der Waals surface area contributed by atoms with Gasteiger partial charge in [-0.15, -0.1) is 0 Å². The Balaban J connectivity index is 1.57. The highest BCUT2D eigenvalue weighted by Gasteiger charge is 2.31. The van der Waals surface area contributed by atoms with E-state index in [0.29, 0.717) is 41.7 Å². The fraction of sp³-hybridized carbons (Fsp3) is 0.250. The lowest BCUT2D eigenvalue weighted by molar-refractivity contribution is -0.137. The molecule has 0 unspecified atom stereocenters. The van der Waals surface area contributed by atoms with E-state index in [1.54, 1.807) is 29.4 Å². The predicted octanol–water partition coefficient (Wildman–Crippen LogP) is 3.55. The number of hydrogen-bond acceptors (Lipinski definition) is 4. The number of rotatable bonds is 3. The lowest BCUT2D eigenvalue weighted by Crippen LogP contribution is -2.35. The predicted molar refractivity (Wildman–Crippen MR) is 97.3 cm³/mol. The SMILES string of the molecule is O=c1[nH]c(-c2cccnc2)nc2c1CN(Cc1cc(F)cc(C(F)(F)F)c1)CC2. The van der Waals surface area contributed by atoms with E-state index in [1.165, 1.54) is 0 Å². The van der Waals surface area contributed by atoms with Crippen LogP contribution in [0.2, 0.25) is 0 Å². The second-order valence-electron chi connectivity index (χ2n) is 6.89. The first-order valence-corrected chi connectivity index (χ1v) is 8.91. The Morgan fingerprint density at radius 3 is 2.76 bits per heavy atom. The number of pyridine rings is 1. The Bertz CT molecular complexity index is 1100. The quantitative estimate of drug-likeness (QED) is 0.679. The highest BCUT2D eigenvalue weighted by atomic mass is 19.4. The van der Waals surface area contributed by atoms with Gasteiger partial charge in [0.2, 0.25) is 0 Å². The number of fused-ring (bicyclic) bond motifs is 1. The van der Waals surface area contributed by atoms with Gasteiger partial charge in [-0.25, -0.2) is 9.37 Å². The number of nitrogens with zero attached hydrogens (tertiary/aromatic N) is 3. The molecule has 1 aromatic carbocycles. The fourth-order valence-corrected chi connectivity index (χ4v) is 3.42. The summed E-state index contributed by atoms with van der Waals surface area (Å²) in [6.07, 6.45) is -0.931. The van der Waals surface area contributed by atoms with Crippen LogP contribution in [0, 0.1) is 5.82 Å². The normalized spacial score (nSPS) is 14.6. The largest absolute Gasteiger partial charge is 0.416 e. The first-order valence-electron chi connectivity index (χ1n) is 8.91. The first kappa shape index (κ1) is 19.3. The van der Waals surface area contributed by atoms with Crippen molar-refractivity contribution in [2.75, 3.05) is 6.54 Å². The average molecular weight is 404 g/mol. The molecule has 0 atom stereocenters. The van der Waals surface area contributed by atoms with Gasteiger partial charge in [0, 0.05) is 44.0 Å². The highest BCUT2D eigenvalue weighted by molar-refractivity contribution is 5.53. The van der Waals surface area contributed by atoms with E-state index >= 15 is 0 Å². The molecule has 4 rings (SSSR count). The molecule has 1 N–H and O–H groups in total. The molecule has 0 spiro atoms. The minimum absolute atomic E-state index is 0.101. The number of alkyl halides is 3. The van der Waals surface area contributed by atoms with Crippen molar-refractivity contribution in [1.29, 1.82) is 0 Å². The molecule has 0 saturated carbocycles. The molecule has 0 amide bonds. The Morgan fingerprint density at radius 2 is 2.03 bits per heavy atom. The summed E-state index contributed by atoms with van der Waals surface area (Å²) < 4.78 is 52.4. The molecule has 0 bridgehead atoms. The van der Waals surface area contributed by atoms with Crippen molar-refractivity contribution >= 4 is 0 Å². The highest BCUT2D eigenvalue weighted by Crippen LogP contribution is 2.31. The van der Waals surface area contributed by atoms with Gasteiger partial charge in [-0.3, -0.25) is 14.7 Å². The zero-order chi connectivity index (χ0) is 20.6. The minimum atomic E-state index is -4.62. The van der Waals surface area contributed by atoms with Gasteiger partial charge in [0.15, 0.2) is 0 Å². The fourth-order valence-electron chi connectivity index (χ4n) is 3.42. The summed E-state index contributed by atoms with van der Waals surface area (Å²) in [5.41, 5.74) is 0.695. The first-order chi connectivity index (χ1) is 13.8. The third-order valence-corrected chi connectivity index (χ3v) is 4.77. The molecule has 5 nitrogen and oxygen atoms in total. The van der Waals surface area contributed by atoms with Crippen LogP contribution < -0.4 is 5.56 Å². The van der Waals surface area contributed by atoms with Gasteiger partial charge >= 0.3 is 6.18 Å². The van der Waals surface area contributed by atoms with Crippen LogP contribution in [0.4, 0.5) is 17.6 Å². The second-order valence-corrected chi connectivity index (χ2v) is 6.89. The third kappa shape index (κ3) is 4.19. The van der Waals surface area contributed by atoms with Gasteiger partial charge in [0.1, 0.15) is 11.6 Å². The molecule has 1 aliphatic rings. The smallest absolute Gasteiger partial charge is 0.306 e. The summed E-state index contributed by atoms with van der Waals surface area (Å²) in [6.45, 7) is 0.820. The van der Waals surface area contributed by atoms with Crippen LogP contribution in [0.1, 0.15) is 22.4 Å². The van der Waals surface area contributed by atoms with Crippen molar-refractivity contribution < 1.29 is 17.6 Å². The number of halogens is 4. The van der Waals surface area contributed by atoms with Crippen molar-refractivity contribution in [2.45, 2.75) is 25.7 Å². The maximum absolute atomic E-state index is 13.6. The van der Waals surface area contributed by atoms with Gasteiger partial charge in [0.05, 0.1) is 16.8 Å². The van der Waals surface area contributed by atoms with E-state index in [4.69, 9.17) is 0 Å². The van der Waals surface area contributed by atoms with Crippen LogP contribution in [-0.2, 0) is 25.7 Å². The Labute approximate surface area is 163 Å². The van der Waals surface area contributed by atoms with E-state index in [9.17, 15) is 22.4 Å². The number of benzene rings is 1. The lowest BCUT2D eigenvalue weighted by Gasteiger charge is -2.28. The van der Waals surface area contributed by atoms with Crippen molar-refractivity contribution in [3.8, 4) is 11.4 Å². The van der Waals surface area contributed by atoms with Crippen LogP contribution in [0.5, 0.6) is 0 Å². The van der Waals surface area contributed by atoms with E-state index in [0.717, 1.165) is 12.1 Å². The summed E-state index contributed by atoms with van der Waals surface area (Å²) in [6, 6.07) is 6.02. The van der Waals surface area contributed by atoms with Gasteiger partial charge < -0.3 is 4.98 Å². The number of H-pyrrole nitrogens is 1. The van der Waals surface area contributed by atoms with Gasteiger partial charge in [0.25, 0.3) is 5.56 Å². The molecule has 9 heteroatoms. The van der Waals surface area contributed by atoms with Crippen LogP contribution in [0.3, 0.4) is 0 Å². The lowest BCUT2D eigenvalue weighted by atomic mass is 10.0. The summed E-state index contributed by atoms with van der Waals surface area (Å²) in [7, 11) is 0. The molecule has 0 saturated heterocycles. The molecule has 0 radical (unpaired) electrons. The van der Waals surface area contributed by atoms with E-state index in [-0.39, 0.29) is 24.2 Å². The summed E-state index contributed by atoms with van der Waals surface area (Å²) in [5, 5.41) is 0. The summed E-state index contributed by atoms with van der Waals surface area (Å²) >= 11 is 0. The van der Waals surface area contributed by atoms with E-state index in [1.807, 2.05) is 0 Å². The Hall–Kier alpha value is -3.07. The molecule has 0 fully saturated rings. The van der Waals surface area contributed by atoms with E-state index < -0.39 is 17.6 Å². The van der Waals surface area contributed by atoms with Crippen LogP contribution in [0.25, 0.3) is 11.4 Å². The standard InChI is InChI=1S/C20H16F4N4O/c21-15-7-12(6-14(8-15)20(22,23)24)10-28-5-3-17-16(11-28)19(29)27-18(26-17)13-2-1-4-25-9-13/h1-2,4,6-9H,3,5,10-11H2,(H,26,27,29). The molecule has 29 heavy (non-hydrogen) atoms. The van der Waals surface area contributed by atoms with Crippen molar-refractivity contribution in [1.82, 2.24) is 19.9 Å². The zero-order valence-corrected chi connectivity index (χ0v) is 15.1. The van der Waals surface area contributed by atoms with Crippen LogP contribution >= 0.6 is 0 Å².